The van der Waals surface area contributed by atoms with Crippen molar-refractivity contribution in [3.05, 3.63) is 89.4 Å². The van der Waals surface area contributed by atoms with E-state index in [0.29, 0.717) is 28.8 Å². The number of hydrogen-bond acceptors (Lipinski definition) is 4. The summed E-state index contributed by atoms with van der Waals surface area (Å²) in [6.45, 7) is 0.410. The Hall–Kier alpha value is -3.51. The Morgan fingerprint density at radius 3 is 2.36 bits per heavy atom. The summed E-state index contributed by atoms with van der Waals surface area (Å²) < 4.78 is 6.13. The van der Waals surface area contributed by atoms with Crippen molar-refractivity contribution in [3.8, 4) is 11.5 Å². The molecule has 188 valence electrons. The first-order valence-corrected chi connectivity index (χ1v) is 12.8. The van der Waals surface area contributed by atoms with Crippen molar-refractivity contribution in [2.24, 2.45) is 0 Å². The lowest BCUT2D eigenvalue weighted by Crippen LogP contribution is -2.46. The number of halogens is 1. The third-order valence-electron chi connectivity index (χ3n) is 6.19. The molecule has 1 saturated carbocycles. The molecular formula is C29H32ClN3O3. The van der Waals surface area contributed by atoms with E-state index in [1.54, 1.807) is 11.0 Å². The second kappa shape index (κ2) is 13.0. The lowest BCUT2D eigenvalue weighted by atomic mass is 9.95. The minimum atomic E-state index is -0.199. The number of ether oxygens (including phenoxy) is 1. The highest BCUT2D eigenvalue weighted by molar-refractivity contribution is 6.30. The van der Waals surface area contributed by atoms with Crippen LogP contribution in [-0.4, -0.2) is 30.9 Å². The Morgan fingerprint density at radius 1 is 0.861 bits per heavy atom. The maximum Gasteiger partial charge on any atom is 0.239 e. The van der Waals surface area contributed by atoms with Crippen LogP contribution in [0.15, 0.2) is 78.9 Å². The third kappa shape index (κ3) is 7.75. The molecule has 1 aliphatic rings. The van der Waals surface area contributed by atoms with Gasteiger partial charge in [0.25, 0.3) is 0 Å². The Labute approximate surface area is 217 Å². The van der Waals surface area contributed by atoms with Crippen LogP contribution in [0.2, 0.25) is 5.02 Å². The number of nitrogens with one attached hydrogen (secondary N) is 2. The van der Waals surface area contributed by atoms with Gasteiger partial charge in [-0.05, 0) is 54.8 Å². The zero-order valence-corrected chi connectivity index (χ0v) is 21.0. The molecule has 0 spiro atoms. The Balaban J connectivity index is 1.49. The Bertz CT molecular complexity index is 1150. The average molecular weight is 506 g/mol. The molecule has 0 aromatic heterocycles. The predicted octanol–water partition coefficient (Wildman–Crippen LogP) is 5.70. The number of rotatable bonds is 10. The fraction of sp³-hybridized carbons (Fsp3) is 0.310. The van der Waals surface area contributed by atoms with E-state index in [0.717, 1.165) is 31.2 Å². The lowest BCUT2D eigenvalue weighted by molar-refractivity contribution is -0.121. The third-order valence-corrected chi connectivity index (χ3v) is 6.43. The fourth-order valence-electron chi connectivity index (χ4n) is 4.42. The first kappa shape index (κ1) is 25.6. The van der Waals surface area contributed by atoms with E-state index < -0.39 is 0 Å². The van der Waals surface area contributed by atoms with Crippen molar-refractivity contribution in [2.75, 3.05) is 18.0 Å². The molecule has 2 amide bonds. The maximum absolute atomic E-state index is 13.0. The van der Waals surface area contributed by atoms with E-state index in [2.05, 4.69) is 10.6 Å². The quantitative estimate of drug-likeness (QED) is 0.370. The molecule has 0 atom stereocenters. The van der Waals surface area contributed by atoms with E-state index in [1.807, 2.05) is 72.8 Å². The van der Waals surface area contributed by atoms with Crippen LogP contribution in [0.5, 0.6) is 11.5 Å². The van der Waals surface area contributed by atoms with Crippen LogP contribution in [0, 0.1) is 0 Å². The molecule has 3 aromatic carbocycles. The van der Waals surface area contributed by atoms with E-state index in [4.69, 9.17) is 16.3 Å². The van der Waals surface area contributed by atoms with Gasteiger partial charge in [-0.25, -0.2) is 0 Å². The van der Waals surface area contributed by atoms with Gasteiger partial charge < -0.3 is 20.3 Å². The molecule has 1 aliphatic carbocycles. The number of amides is 2. The van der Waals surface area contributed by atoms with Crippen molar-refractivity contribution < 1.29 is 14.3 Å². The average Bonchev–Trinajstić information content (AvgIpc) is 2.89. The summed E-state index contributed by atoms with van der Waals surface area (Å²) in [6, 6.07) is 24.5. The van der Waals surface area contributed by atoms with E-state index in [1.165, 1.54) is 6.42 Å². The number of nitrogens with zero attached hydrogens (tertiary/aromatic N) is 1. The highest BCUT2D eigenvalue weighted by Gasteiger charge is 2.22. The number of carbonyl (C=O) groups excluding carboxylic acids is 2. The van der Waals surface area contributed by atoms with Crippen LogP contribution in [-0.2, 0) is 16.1 Å². The van der Waals surface area contributed by atoms with Crippen LogP contribution >= 0.6 is 11.6 Å². The molecule has 0 radical (unpaired) electrons. The summed E-state index contributed by atoms with van der Waals surface area (Å²) in [7, 11) is 0. The molecule has 36 heavy (non-hydrogen) atoms. The maximum atomic E-state index is 13.0. The smallest absolute Gasteiger partial charge is 0.239 e. The van der Waals surface area contributed by atoms with Crippen molar-refractivity contribution >= 4 is 29.1 Å². The minimum absolute atomic E-state index is 0.00775. The molecule has 2 N–H and O–H groups in total. The highest BCUT2D eigenvalue weighted by Crippen LogP contribution is 2.32. The van der Waals surface area contributed by atoms with Crippen molar-refractivity contribution in [1.29, 1.82) is 0 Å². The van der Waals surface area contributed by atoms with Gasteiger partial charge in [0.2, 0.25) is 11.8 Å². The summed E-state index contributed by atoms with van der Waals surface area (Å²) in [4.78, 5) is 27.8. The number of hydrogen-bond donors (Lipinski definition) is 2. The largest absolute Gasteiger partial charge is 0.455 e. The van der Waals surface area contributed by atoms with Crippen molar-refractivity contribution in [3.63, 3.8) is 0 Å². The topological polar surface area (TPSA) is 70.7 Å². The van der Waals surface area contributed by atoms with Crippen LogP contribution < -0.4 is 20.3 Å². The lowest BCUT2D eigenvalue weighted by Gasteiger charge is -2.28. The van der Waals surface area contributed by atoms with Gasteiger partial charge in [0.05, 0.1) is 18.8 Å². The van der Waals surface area contributed by atoms with Gasteiger partial charge in [-0.2, -0.15) is 0 Å². The summed E-state index contributed by atoms with van der Waals surface area (Å²) in [5, 5.41) is 6.72. The summed E-state index contributed by atoms with van der Waals surface area (Å²) >= 11 is 6.07. The van der Waals surface area contributed by atoms with Gasteiger partial charge in [0.1, 0.15) is 5.75 Å². The molecule has 0 saturated heterocycles. The minimum Gasteiger partial charge on any atom is -0.455 e. The zero-order valence-electron chi connectivity index (χ0n) is 20.3. The molecule has 0 bridgehead atoms. The fourth-order valence-corrected chi connectivity index (χ4v) is 4.63. The van der Waals surface area contributed by atoms with Crippen molar-refractivity contribution in [1.82, 2.24) is 10.6 Å². The number of carbonyl (C=O) groups is 2. The van der Waals surface area contributed by atoms with Crippen LogP contribution in [0.3, 0.4) is 0 Å². The molecule has 6 nitrogen and oxygen atoms in total. The van der Waals surface area contributed by atoms with E-state index in [-0.39, 0.29) is 30.9 Å². The van der Waals surface area contributed by atoms with Gasteiger partial charge in [0, 0.05) is 17.6 Å². The van der Waals surface area contributed by atoms with Crippen LogP contribution in [0.1, 0.15) is 37.7 Å². The SMILES string of the molecule is O=C(CN(CC(=O)NC1CCCCC1)c1ccccc1Oc1ccccc1)NCc1cccc(Cl)c1. The molecule has 0 heterocycles. The van der Waals surface area contributed by atoms with Gasteiger partial charge >= 0.3 is 0 Å². The molecule has 1 fully saturated rings. The summed E-state index contributed by atoms with van der Waals surface area (Å²) in [5.74, 6) is 0.966. The van der Waals surface area contributed by atoms with Gasteiger partial charge in [-0.3, -0.25) is 9.59 Å². The van der Waals surface area contributed by atoms with Gasteiger partial charge in [0.15, 0.2) is 5.75 Å². The van der Waals surface area contributed by atoms with Gasteiger partial charge in [-0.1, -0.05) is 73.3 Å². The molecular weight excluding hydrogens is 474 g/mol. The first-order chi connectivity index (χ1) is 17.6. The van der Waals surface area contributed by atoms with Gasteiger partial charge in [-0.15, -0.1) is 0 Å². The second-order valence-corrected chi connectivity index (χ2v) is 9.48. The standard InChI is InChI=1S/C29H32ClN3O3/c30-23-11-9-10-22(18-23)19-31-28(34)20-33(21-29(35)32-24-12-3-1-4-13-24)26-16-7-8-17-27(26)36-25-14-5-2-6-15-25/h2,5-11,14-18,24H,1,3-4,12-13,19-21H2,(H,31,34)(H,32,35). The second-order valence-electron chi connectivity index (χ2n) is 9.05. The summed E-state index contributed by atoms with van der Waals surface area (Å²) in [6.07, 6.45) is 5.48. The normalized spacial score (nSPS) is 13.6. The molecule has 4 rings (SSSR count). The zero-order chi connectivity index (χ0) is 25.2. The van der Waals surface area contributed by atoms with Crippen LogP contribution in [0.4, 0.5) is 5.69 Å². The van der Waals surface area contributed by atoms with Crippen molar-refractivity contribution in [2.45, 2.75) is 44.7 Å². The first-order valence-electron chi connectivity index (χ1n) is 12.4. The highest BCUT2D eigenvalue weighted by atomic mass is 35.5. The molecule has 0 aliphatic heterocycles. The molecule has 3 aromatic rings. The Kier molecular flexibility index (Phi) is 9.22. The number of benzene rings is 3. The monoisotopic (exact) mass is 505 g/mol. The predicted molar refractivity (Wildman–Crippen MR) is 143 cm³/mol. The molecule has 0 unspecified atom stereocenters. The molecule has 7 heteroatoms. The van der Waals surface area contributed by atoms with Crippen LogP contribution in [0.25, 0.3) is 0 Å². The van der Waals surface area contributed by atoms with E-state index >= 15 is 0 Å². The number of anilines is 1. The van der Waals surface area contributed by atoms with E-state index in [9.17, 15) is 9.59 Å². The number of para-hydroxylation sites is 3. The summed E-state index contributed by atoms with van der Waals surface area (Å²) in [5.41, 5.74) is 1.59. The Morgan fingerprint density at radius 2 is 1.58 bits per heavy atom.